The van der Waals surface area contributed by atoms with Crippen molar-refractivity contribution in [3.63, 3.8) is 0 Å². The van der Waals surface area contributed by atoms with Crippen LogP contribution in [-0.4, -0.2) is 9.78 Å². The van der Waals surface area contributed by atoms with E-state index in [4.69, 9.17) is 0 Å². The predicted molar refractivity (Wildman–Crippen MR) is 63.1 cm³/mol. The molecule has 0 unspecified atom stereocenters. The number of nitrogens with zero attached hydrogens (tertiary/aromatic N) is 2. The second kappa shape index (κ2) is 4.63. The van der Waals surface area contributed by atoms with Crippen LogP contribution in [0.5, 0.6) is 0 Å². The molecule has 0 atom stereocenters. The summed E-state index contributed by atoms with van der Waals surface area (Å²) in [6, 6.07) is 5.17. The Balaban J connectivity index is 2.30. The number of benzene rings is 1. The molecule has 16 heavy (non-hydrogen) atoms. The molecule has 6 heteroatoms. The fourth-order valence-electron chi connectivity index (χ4n) is 1.35. The molecule has 84 valence electrons. The van der Waals surface area contributed by atoms with Crippen molar-refractivity contribution in [3.8, 4) is 0 Å². The summed E-state index contributed by atoms with van der Waals surface area (Å²) in [6.45, 7) is 0.306. The van der Waals surface area contributed by atoms with Crippen LogP contribution in [-0.2, 0) is 6.54 Å². The van der Waals surface area contributed by atoms with Gasteiger partial charge in [0.2, 0.25) is 0 Å². The Hall–Kier alpha value is -0.750. The van der Waals surface area contributed by atoms with Crippen molar-refractivity contribution in [2.24, 2.45) is 0 Å². The molecule has 2 aromatic rings. The molecule has 0 fully saturated rings. The minimum atomic E-state index is -0.586. The number of rotatable bonds is 2. The molecule has 0 bridgehead atoms. The number of hydrogen-bond acceptors (Lipinski definition) is 1. The summed E-state index contributed by atoms with van der Waals surface area (Å²) in [6.07, 6.45) is 0. The monoisotopic (exact) mass is 350 g/mol. The van der Waals surface area contributed by atoms with Gasteiger partial charge in [-0.15, -0.1) is 0 Å². The molecule has 1 aromatic carbocycles. The van der Waals surface area contributed by atoms with Crippen LogP contribution in [0.15, 0.2) is 33.5 Å². The van der Waals surface area contributed by atoms with Gasteiger partial charge in [0.05, 0.1) is 6.54 Å². The minimum absolute atomic E-state index is 0.306. The van der Waals surface area contributed by atoms with Gasteiger partial charge in [-0.1, -0.05) is 0 Å². The first-order valence-electron chi connectivity index (χ1n) is 4.38. The Morgan fingerprint density at radius 2 is 1.69 bits per heavy atom. The van der Waals surface area contributed by atoms with Crippen molar-refractivity contribution in [2.75, 3.05) is 0 Å². The van der Waals surface area contributed by atoms with E-state index in [0.717, 1.165) is 10.7 Å². The lowest BCUT2D eigenvalue weighted by Crippen LogP contribution is -2.02. The molecule has 0 radical (unpaired) electrons. The molecule has 0 amide bonds. The van der Waals surface area contributed by atoms with E-state index in [1.807, 2.05) is 0 Å². The molecule has 0 saturated carbocycles. The third kappa shape index (κ3) is 2.68. The summed E-state index contributed by atoms with van der Waals surface area (Å²) in [4.78, 5) is 0. The van der Waals surface area contributed by atoms with Crippen LogP contribution in [0.4, 0.5) is 8.78 Å². The van der Waals surface area contributed by atoms with E-state index >= 15 is 0 Å². The van der Waals surface area contributed by atoms with Crippen LogP contribution >= 0.6 is 31.9 Å². The first kappa shape index (κ1) is 11.7. The second-order valence-corrected chi connectivity index (χ2v) is 4.85. The maximum Gasteiger partial charge on any atom is 0.129 e. The van der Waals surface area contributed by atoms with Crippen LogP contribution in [0.2, 0.25) is 0 Å². The SMILES string of the molecule is Fc1cc(F)cc(Cn2nc(Br)cc2Br)c1. The van der Waals surface area contributed by atoms with Crippen molar-refractivity contribution in [1.82, 2.24) is 9.78 Å². The van der Waals surface area contributed by atoms with Gasteiger partial charge in [-0.2, -0.15) is 5.10 Å². The minimum Gasteiger partial charge on any atom is -0.253 e. The lowest BCUT2D eigenvalue weighted by molar-refractivity contribution is 0.573. The standard InChI is InChI=1S/C10H6Br2F2N2/c11-9-4-10(12)16(15-9)5-6-1-7(13)3-8(14)2-6/h1-4H,5H2. The van der Waals surface area contributed by atoms with Crippen molar-refractivity contribution in [3.05, 3.63) is 50.7 Å². The summed E-state index contributed by atoms with van der Waals surface area (Å²) in [5, 5.41) is 4.11. The van der Waals surface area contributed by atoms with Crippen molar-refractivity contribution in [2.45, 2.75) is 6.54 Å². The van der Waals surface area contributed by atoms with Gasteiger partial charge in [0, 0.05) is 12.1 Å². The average molecular weight is 352 g/mol. The van der Waals surface area contributed by atoms with Crippen molar-refractivity contribution in [1.29, 1.82) is 0 Å². The zero-order valence-corrected chi connectivity index (χ0v) is 11.1. The first-order valence-corrected chi connectivity index (χ1v) is 5.97. The molecule has 0 saturated heterocycles. The Bertz CT molecular complexity index is 505. The lowest BCUT2D eigenvalue weighted by Gasteiger charge is -2.04. The highest BCUT2D eigenvalue weighted by Crippen LogP contribution is 2.18. The number of halogens is 4. The Morgan fingerprint density at radius 3 is 2.19 bits per heavy atom. The molecule has 2 nitrogen and oxygen atoms in total. The molecule has 2 rings (SSSR count). The van der Waals surface area contributed by atoms with Gasteiger partial charge in [0.25, 0.3) is 0 Å². The van der Waals surface area contributed by atoms with E-state index in [1.54, 1.807) is 10.7 Å². The second-order valence-electron chi connectivity index (χ2n) is 3.23. The van der Waals surface area contributed by atoms with Crippen molar-refractivity contribution >= 4 is 31.9 Å². The zero-order valence-electron chi connectivity index (χ0n) is 7.92. The molecule has 0 aliphatic carbocycles. The van der Waals surface area contributed by atoms with Gasteiger partial charge in [-0.25, -0.2) is 8.78 Å². The summed E-state index contributed by atoms with van der Waals surface area (Å²) in [5.74, 6) is -1.17. The highest BCUT2D eigenvalue weighted by atomic mass is 79.9. The van der Waals surface area contributed by atoms with Crippen LogP contribution in [0.25, 0.3) is 0 Å². The Kier molecular flexibility index (Phi) is 3.39. The third-order valence-corrected chi connectivity index (χ3v) is 2.98. The maximum absolute atomic E-state index is 12.9. The summed E-state index contributed by atoms with van der Waals surface area (Å²) < 4.78 is 28.9. The molecule has 0 aliphatic heterocycles. The highest BCUT2D eigenvalue weighted by Gasteiger charge is 2.06. The van der Waals surface area contributed by atoms with Gasteiger partial charge < -0.3 is 0 Å². The van der Waals surface area contributed by atoms with Gasteiger partial charge in [0.1, 0.15) is 20.8 Å². The van der Waals surface area contributed by atoms with E-state index < -0.39 is 11.6 Å². The topological polar surface area (TPSA) is 17.8 Å². The fraction of sp³-hybridized carbons (Fsp3) is 0.100. The van der Waals surface area contributed by atoms with Crippen LogP contribution in [0.1, 0.15) is 5.56 Å². The zero-order chi connectivity index (χ0) is 11.7. The summed E-state index contributed by atoms with van der Waals surface area (Å²) >= 11 is 6.51. The van der Waals surface area contributed by atoms with Crippen molar-refractivity contribution < 1.29 is 8.78 Å². The highest BCUT2D eigenvalue weighted by molar-refractivity contribution is 9.11. The molecule has 0 spiro atoms. The number of hydrogen-bond donors (Lipinski definition) is 0. The van der Waals surface area contributed by atoms with E-state index in [0.29, 0.717) is 16.7 Å². The van der Waals surface area contributed by atoms with Gasteiger partial charge in [-0.3, -0.25) is 4.68 Å². The van der Waals surface area contributed by atoms with Crippen LogP contribution < -0.4 is 0 Å². The fourth-order valence-corrected chi connectivity index (χ4v) is 2.49. The Morgan fingerprint density at radius 1 is 1.06 bits per heavy atom. The van der Waals surface area contributed by atoms with E-state index in [2.05, 4.69) is 37.0 Å². The number of aromatic nitrogens is 2. The van der Waals surface area contributed by atoms with Gasteiger partial charge in [-0.05, 0) is 49.6 Å². The molecular weight excluding hydrogens is 346 g/mol. The van der Waals surface area contributed by atoms with Crippen LogP contribution in [0.3, 0.4) is 0 Å². The molecule has 1 aromatic heterocycles. The lowest BCUT2D eigenvalue weighted by atomic mass is 10.2. The molecule has 0 aliphatic rings. The Labute approximate surface area is 108 Å². The molecular formula is C10H6Br2F2N2. The van der Waals surface area contributed by atoms with E-state index in [1.165, 1.54) is 12.1 Å². The average Bonchev–Trinajstić information content (AvgIpc) is 2.43. The van der Waals surface area contributed by atoms with Crippen LogP contribution in [0, 0.1) is 11.6 Å². The molecule has 1 heterocycles. The normalized spacial score (nSPS) is 10.8. The van der Waals surface area contributed by atoms with Gasteiger partial charge >= 0.3 is 0 Å². The maximum atomic E-state index is 12.9. The quantitative estimate of drug-likeness (QED) is 0.806. The predicted octanol–water partition coefficient (Wildman–Crippen LogP) is 3.73. The van der Waals surface area contributed by atoms with E-state index in [-0.39, 0.29) is 0 Å². The molecule has 0 N–H and O–H groups in total. The van der Waals surface area contributed by atoms with Gasteiger partial charge in [0.15, 0.2) is 0 Å². The largest absolute Gasteiger partial charge is 0.253 e. The summed E-state index contributed by atoms with van der Waals surface area (Å²) in [5.41, 5.74) is 0.522. The first-order chi connectivity index (χ1) is 7.54. The summed E-state index contributed by atoms with van der Waals surface area (Å²) in [7, 11) is 0. The smallest absolute Gasteiger partial charge is 0.129 e. The van der Waals surface area contributed by atoms with E-state index in [9.17, 15) is 8.78 Å². The third-order valence-electron chi connectivity index (χ3n) is 1.96.